The maximum atomic E-state index is 5.77. The maximum absolute atomic E-state index is 5.77. The van der Waals surface area contributed by atoms with Gasteiger partial charge in [0.15, 0.2) is 0 Å². The molecule has 0 saturated carbocycles. The van der Waals surface area contributed by atoms with Gasteiger partial charge in [0.2, 0.25) is 0 Å². The Hall–Kier alpha value is -0.420. The molecule has 0 heterocycles. The van der Waals surface area contributed by atoms with Crippen LogP contribution >= 0.6 is 21.6 Å². The lowest BCUT2D eigenvalue weighted by molar-refractivity contribution is 0.713. The second-order valence-corrected chi connectivity index (χ2v) is 7.42. The van der Waals surface area contributed by atoms with E-state index in [0.29, 0.717) is 12.5 Å². The van der Waals surface area contributed by atoms with E-state index in [1.54, 1.807) is 21.6 Å². The summed E-state index contributed by atoms with van der Waals surface area (Å²) in [6.07, 6.45) is 2.13. The van der Waals surface area contributed by atoms with Crippen molar-refractivity contribution >= 4 is 21.6 Å². The van der Waals surface area contributed by atoms with Crippen molar-refractivity contribution in [3.05, 3.63) is 42.0 Å². The number of benzene rings is 1. The van der Waals surface area contributed by atoms with Crippen LogP contribution in [-0.4, -0.2) is 11.9 Å². The number of nitrogens with two attached hydrogens (primary N) is 2. The topological polar surface area (TPSA) is 52.0 Å². The fraction of sp³-hybridized carbons (Fsp3) is 0.467. The van der Waals surface area contributed by atoms with Gasteiger partial charge in [0.05, 0.1) is 5.37 Å². The fourth-order valence-corrected chi connectivity index (χ4v) is 3.30. The van der Waals surface area contributed by atoms with E-state index in [2.05, 4.69) is 44.7 Å². The van der Waals surface area contributed by atoms with E-state index in [0.717, 1.165) is 12.8 Å². The van der Waals surface area contributed by atoms with E-state index in [1.807, 2.05) is 0 Å². The summed E-state index contributed by atoms with van der Waals surface area (Å²) in [5.41, 5.74) is 13.9. The first-order valence-electron chi connectivity index (χ1n) is 6.58. The minimum Gasteiger partial charge on any atom is -0.328 e. The van der Waals surface area contributed by atoms with Crippen LogP contribution in [0.3, 0.4) is 0 Å². The molecule has 0 fully saturated rings. The Balaban J connectivity index is 2.41. The highest BCUT2D eigenvalue weighted by molar-refractivity contribution is 8.76. The number of rotatable bonds is 8. The first kappa shape index (κ1) is 16.6. The van der Waals surface area contributed by atoms with E-state index in [9.17, 15) is 0 Å². The first-order valence-corrected chi connectivity index (χ1v) is 8.79. The largest absolute Gasteiger partial charge is 0.328 e. The average Bonchev–Trinajstić information content (AvgIpc) is 2.42. The molecule has 106 valence electrons. The second kappa shape index (κ2) is 8.69. The highest BCUT2D eigenvalue weighted by Gasteiger charge is 2.03. The van der Waals surface area contributed by atoms with Crippen molar-refractivity contribution in [2.45, 2.75) is 37.0 Å². The zero-order chi connectivity index (χ0) is 14.3. The molecule has 1 rings (SSSR count). The van der Waals surface area contributed by atoms with Gasteiger partial charge in [-0.15, -0.1) is 0 Å². The molecule has 1 aromatic rings. The number of allylic oxidation sites excluding steroid dienone is 1. The zero-order valence-electron chi connectivity index (χ0n) is 11.8. The van der Waals surface area contributed by atoms with Gasteiger partial charge >= 0.3 is 0 Å². The molecule has 2 nitrogen and oxygen atoms in total. The minimum absolute atomic E-state index is 0.000887. The van der Waals surface area contributed by atoms with Crippen LogP contribution < -0.4 is 11.5 Å². The van der Waals surface area contributed by atoms with Crippen LogP contribution in [0.4, 0.5) is 0 Å². The molecule has 0 spiro atoms. The quantitative estimate of drug-likeness (QED) is 0.435. The second-order valence-electron chi connectivity index (χ2n) is 4.91. The summed E-state index contributed by atoms with van der Waals surface area (Å²) < 4.78 is 0. The van der Waals surface area contributed by atoms with Gasteiger partial charge in [0, 0.05) is 11.4 Å². The van der Waals surface area contributed by atoms with Gasteiger partial charge in [-0.25, -0.2) is 0 Å². The summed E-state index contributed by atoms with van der Waals surface area (Å²) >= 11 is 0. The standard InChI is InChI=1S/C15H24N2S2/c1-11(2)12(3)4-5-13-6-8-14(9-7-13)18-19-15(17)10-16/h6-9,11,15H,3-5,10,16-17H2,1-2H3. The Morgan fingerprint density at radius 2 is 1.89 bits per heavy atom. The molecule has 1 aromatic carbocycles. The van der Waals surface area contributed by atoms with Crippen molar-refractivity contribution in [3.63, 3.8) is 0 Å². The Morgan fingerprint density at radius 1 is 1.26 bits per heavy atom. The van der Waals surface area contributed by atoms with Crippen LogP contribution in [0.25, 0.3) is 0 Å². The predicted octanol–water partition coefficient (Wildman–Crippen LogP) is 3.82. The molecule has 0 radical (unpaired) electrons. The number of aryl methyl sites for hydroxylation is 1. The molecule has 1 atom stereocenters. The zero-order valence-corrected chi connectivity index (χ0v) is 13.4. The van der Waals surface area contributed by atoms with Gasteiger partial charge in [0.1, 0.15) is 0 Å². The molecule has 0 saturated heterocycles. The molecule has 0 bridgehead atoms. The summed E-state index contributed by atoms with van der Waals surface area (Å²) in [5.74, 6) is 0.573. The fourth-order valence-electron chi connectivity index (χ4n) is 1.46. The summed E-state index contributed by atoms with van der Waals surface area (Å²) in [5, 5.41) is -0.000887. The third-order valence-electron chi connectivity index (χ3n) is 2.97. The predicted molar refractivity (Wildman–Crippen MR) is 89.2 cm³/mol. The minimum atomic E-state index is -0.000887. The van der Waals surface area contributed by atoms with Crippen molar-refractivity contribution in [3.8, 4) is 0 Å². The summed E-state index contributed by atoms with van der Waals surface area (Å²) in [6.45, 7) is 9.01. The van der Waals surface area contributed by atoms with Crippen LogP contribution in [0.15, 0.2) is 41.3 Å². The SMILES string of the molecule is C=C(CCc1ccc(SSC(N)CN)cc1)C(C)C. The lowest BCUT2D eigenvalue weighted by Crippen LogP contribution is -2.24. The van der Waals surface area contributed by atoms with E-state index in [4.69, 9.17) is 11.5 Å². The smallest absolute Gasteiger partial charge is 0.0739 e. The lowest BCUT2D eigenvalue weighted by atomic mass is 9.98. The van der Waals surface area contributed by atoms with Crippen LogP contribution in [0.1, 0.15) is 25.8 Å². The normalized spacial score (nSPS) is 12.7. The van der Waals surface area contributed by atoms with E-state index in [-0.39, 0.29) is 5.37 Å². The molecule has 0 aliphatic heterocycles. The molecule has 19 heavy (non-hydrogen) atoms. The Labute approximate surface area is 124 Å². The van der Waals surface area contributed by atoms with E-state index in [1.165, 1.54) is 16.0 Å². The van der Waals surface area contributed by atoms with Gasteiger partial charge in [-0.05, 0) is 36.5 Å². The summed E-state index contributed by atoms with van der Waals surface area (Å²) in [4.78, 5) is 1.22. The molecule has 0 aromatic heterocycles. The highest BCUT2D eigenvalue weighted by Crippen LogP contribution is 2.32. The average molecular weight is 297 g/mol. The first-order chi connectivity index (χ1) is 9.02. The van der Waals surface area contributed by atoms with Crippen molar-refractivity contribution in [1.29, 1.82) is 0 Å². The van der Waals surface area contributed by atoms with Crippen molar-refractivity contribution < 1.29 is 0 Å². The van der Waals surface area contributed by atoms with Crippen LogP contribution in [0, 0.1) is 5.92 Å². The maximum Gasteiger partial charge on any atom is 0.0739 e. The van der Waals surface area contributed by atoms with Crippen molar-refractivity contribution in [1.82, 2.24) is 0 Å². The van der Waals surface area contributed by atoms with Crippen LogP contribution in [0.2, 0.25) is 0 Å². The molecular weight excluding hydrogens is 272 g/mol. The van der Waals surface area contributed by atoms with Crippen molar-refractivity contribution in [2.24, 2.45) is 17.4 Å². The molecule has 0 aliphatic carbocycles. The molecule has 4 N–H and O–H groups in total. The monoisotopic (exact) mass is 296 g/mol. The van der Waals surface area contributed by atoms with E-state index >= 15 is 0 Å². The third-order valence-corrected chi connectivity index (χ3v) is 5.58. The molecule has 4 heteroatoms. The Bertz CT molecular complexity index is 388. The Morgan fingerprint density at radius 3 is 2.42 bits per heavy atom. The summed E-state index contributed by atoms with van der Waals surface area (Å²) in [7, 11) is 3.30. The molecule has 0 amide bonds. The highest BCUT2D eigenvalue weighted by atomic mass is 33.1. The number of hydrogen-bond acceptors (Lipinski definition) is 4. The third kappa shape index (κ3) is 6.52. The summed E-state index contributed by atoms with van der Waals surface area (Å²) in [6, 6.07) is 8.66. The molecule has 0 aliphatic rings. The van der Waals surface area contributed by atoms with Gasteiger partial charge in [-0.1, -0.05) is 59.7 Å². The van der Waals surface area contributed by atoms with Gasteiger partial charge in [-0.2, -0.15) is 0 Å². The van der Waals surface area contributed by atoms with Crippen LogP contribution in [0.5, 0.6) is 0 Å². The van der Waals surface area contributed by atoms with Crippen LogP contribution in [-0.2, 0) is 6.42 Å². The Kier molecular flexibility index (Phi) is 7.61. The van der Waals surface area contributed by atoms with Gasteiger partial charge < -0.3 is 11.5 Å². The van der Waals surface area contributed by atoms with Gasteiger partial charge in [0.25, 0.3) is 0 Å². The van der Waals surface area contributed by atoms with E-state index < -0.39 is 0 Å². The molecule has 1 unspecified atom stereocenters. The number of hydrogen-bond donors (Lipinski definition) is 2. The molecular formula is C15H24N2S2. The van der Waals surface area contributed by atoms with Gasteiger partial charge in [-0.3, -0.25) is 0 Å². The lowest BCUT2D eigenvalue weighted by Gasteiger charge is -2.10. The van der Waals surface area contributed by atoms with Crippen molar-refractivity contribution in [2.75, 3.05) is 6.54 Å².